The van der Waals surface area contributed by atoms with Crippen molar-refractivity contribution >= 4 is 15.8 Å². The molecule has 0 atom stereocenters. The summed E-state index contributed by atoms with van der Waals surface area (Å²) in [7, 11) is -11.3. The average molecular weight is 352 g/mol. The summed E-state index contributed by atoms with van der Waals surface area (Å²) in [6.45, 7) is 0. The van der Waals surface area contributed by atoms with Crippen molar-refractivity contribution in [2.75, 3.05) is 0 Å². The Morgan fingerprint density at radius 3 is 0.643 bits per heavy atom. The van der Waals surface area contributed by atoms with E-state index in [1.807, 2.05) is 0 Å². The van der Waals surface area contributed by atoms with Crippen LogP contribution in [0.25, 0.3) is 0 Å². The van der Waals surface area contributed by atoms with Crippen molar-refractivity contribution in [2.24, 2.45) is 0 Å². The van der Waals surface area contributed by atoms with Crippen LogP contribution in [0.4, 0.5) is 8.39 Å². The monoisotopic (exact) mass is 352 g/mol. The Balaban J connectivity index is -0.0000000178. The average Bonchev–Trinajstić information content (AvgIpc) is 1.12. The Morgan fingerprint density at radius 1 is 0.643 bits per heavy atom. The Hall–Kier alpha value is 6.71. The molecule has 6 nitrogen and oxygen atoms in total. The molecule has 0 aliphatic heterocycles. The SMILES string of the molecule is O=P([O-])([O-])F.O=P([O-])([O-])F.[K+].[K+].[K+].[K+]. The molecule has 0 aromatic rings. The van der Waals surface area contributed by atoms with Gasteiger partial charge in [0.2, 0.25) is 0 Å². The molecule has 14 heteroatoms. The quantitative estimate of drug-likeness (QED) is 0.315. The molecule has 0 rings (SSSR count). The van der Waals surface area contributed by atoms with Gasteiger partial charge in [0.05, 0.1) is 0 Å². The van der Waals surface area contributed by atoms with E-state index in [9.17, 15) is 8.39 Å². The second-order valence-corrected chi connectivity index (χ2v) is 2.58. The van der Waals surface area contributed by atoms with Crippen LogP contribution >= 0.6 is 15.8 Å². The molecule has 0 aromatic heterocycles. The summed E-state index contributed by atoms with van der Waals surface area (Å²) in [5, 5.41) is 0. The molecule has 64 valence electrons. The summed E-state index contributed by atoms with van der Waals surface area (Å²) in [4.78, 5) is 33.8. The number of hydrogen-bond donors (Lipinski definition) is 0. The first-order chi connectivity index (χ1) is 4.00. The molecule has 0 aliphatic rings. The van der Waals surface area contributed by atoms with Crippen molar-refractivity contribution in [1.82, 2.24) is 0 Å². The summed E-state index contributed by atoms with van der Waals surface area (Å²) >= 11 is 0. The molecule has 0 saturated heterocycles. The summed E-state index contributed by atoms with van der Waals surface area (Å²) in [6.07, 6.45) is 0. The summed E-state index contributed by atoms with van der Waals surface area (Å²) < 4.78 is 37.1. The van der Waals surface area contributed by atoms with Gasteiger partial charge in [-0.05, 0) is 0 Å². The minimum absolute atomic E-state index is 0. The zero-order valence-corrected chi connectivity index (χ0v) is 22.4. The number of halogens is 2. The first-order valence-corrected chi connectivity index (χ1v) is 4.30. The van der Waals surface area contributed by atoms with Gasteiger partial charge in [0.25, 0.3) is 0 Å². The maximum atomic E-state index is 10.1. The predicted molar refractivity (Wildman–Crippen MR) is 17.4 cm³/mol. The zero-order chi connectivity index (χ0) is 9.00. The Labute approximate surface area is 250 Å². The van der Waals surface area contributed by atoms with Crippen LogP contribution in [0.2, 0.25) is 0 Å². The van der Waals surface area contributed by atoms with Crippen LogP contribution in [-0.4, -0.2) is 0 Å². The van der Waals surface area contributed by atoms with Gasteiger partial charge in [-0.1, -0.05) is 0 Å². The third-order valence-electron chi connectivity index (χ3n) is 0. The van der Waals surface area contributed by atoms with Gasteiger partial charge in [0.15, 0.2) is 0 Å². The fraction of sp³-hybridized carbons (Fsp3) is 0. The molecule has 0 spiro atoms. The van der Waals surface area contributed by atoms with Crippen molar-refractivity contribution in [2.45, 2.75) is 0 Å². The Morgan fingerprint density at radius 2 is 0.643 bits per heavy atom. The van der Waals surface area contributed by atoms with E-state index in [4.69, 9.17) is 28.7 Å². The summed E-state index contributed by atoms with van der Waals surface area (Å²) in [5.74, 6) is 0. The second-order valence-electron chi connectivity index (χ2n) is 0.861. The van der Waals surface area contributed by atoms with Crippen molar-refractivity contribution in [3.05, 3.63) is 0 Å². The van der Waals surface area contributed by atoms with Crippen LogP contribution in [0.1, 0.15) is 0 Å². The maximum Gasteiger partial charge on any atom is 1.00 e. The smallest absolute Gasteiger partial charge is 0.786 e. The van der Waals surface area contributed by atoms with E-state index in [0.29, 0.717) is 0 Å². The molecular formula is F2K4O6P2. The van der Waals surface area contributed by atoms with Crippen molar-refractivity contribution in [3.63, 3.8) is 0 Å². The molecule has 0 N–H and O–H groups in total. The van der Waals surface area contributed by atoms with Crippen molar-refractivity contribution in [3.8, 4) is 0 Å². The fourth-order valence-corrected chi connectivity index (χ4v) is 0. The maximum absolute atomic E-state index is 10.1. The van der Waals surface area contributed by atoms with Crippen LogP contribution in [0.5, 0.6) is 0 Å². The normalized spacial score (nSPS) is 8.43. The second kappa shape index (κ2) is 19.7. The zero-order valence-electron chi connectivity index (χ0n) is 8.10. The summed E-state index contributed by atoms with van der Waals surface area (Å²) in [5.41, 5.74) is 0. The molecular weight excluding hydrogens is 352 g/mol. The van der Waals surface area contributed by atoms with Crippen LogP contribution in [0, 0.1) is 0 Å². The minimum Gasteiger partial charge on any atom is -0.786 e. The molecule has 0 amide bonds. The van der Waals surface area contributed by atoms with Crippen LogP contribution in [0.15, 0.2) is 0 Å². The van der Waals surface area contributed by atoms with E-state index in [0.717, 1.165) is 0 Å². The molecule has 0 heterocycles. The van der Waals surface area contributed by atoms with Crippen molar-refractivity contribution in [1.29, 1.82) is 0 Å². The molecule has 0 saturated carbocycles. The van der Waals surface area contributed by atoms with Crippen LogP contribution in [0.3, 0.4) is 0 Å². The summed E-state index contributed by atoms with van der Waals surface area (Å²) in [6, 6.07) is 0. The van der Waals surface area contributed by atoms with Crippen LogP contribution in [-0.2, 0) is 9.13 Å². The topological polar surface area (TPSA) is 126 Å². The van der Waals surface area contributed by atoms with Gasteiger partial charge in [-0.2, -0.15) is 0 Å². The molecule has 0 radical (unpaired) electrons. The molecule has 0 bridgehead atoms. The van der Waals surface area contributed by atoms with Gasteiger partial charge in [-0.15, -0.1) is 0 Å². The first-order valence-electron chi connectivity index (χ1n) is 1.43. The minimum atomic E-state index is -5.64. The van der Waals surface area contributed by atoms with E-state index in [1.54, 1.807) is 0 Å². The predicted octanol–water partition coefficient (Wildman–Crippen LogP) is -14.4. The number of rotatable bonds is 0. The largest absolute Gasteiger partial charge is 1.00 e. The number of hydrogen-bond acceptors (Lipinski definition) is 6. The molecule has 0 fully saturated rings. The first kappa shape index (κ1) is 37.2. The molecule has 0 unspecified atom stereocenters. The molecule has 0 aromatic carbocycles. The van der Waals surface area contributed by atoms with Crippen LogP contribution < -0.4 is 225 Å². The molecule has 14 heavy (non-hydrogen) atoms. The van der Waals surface area contributed by atoms with Gasteiger partial charge in [0, 0.05) is 0 Å². The van der Waals surface area contributed by atoms with Gasteiger partial charge >= 0.3 is 206 Å². The van der Waals surface area contributed by atoms with E-state index < -0.39 is 15.8 Å². The third-order valence-corrected chi connectivity index (χ3v) is 0. The van der Waals surface area contributed by atoms with E-state index in [1.165, 1.54) is 0 Å². The van der Waals surface area contributed by atoms with Gasteiger partial charge in [-0.3, -0.25) is 0 Å². The third kappa shape index (κ3) is 130. The standard InChI is InChI=1S/2FH2O3P.4K/c2*1-5(2,3)4;;;;/h2*(H2,2,3,4);;;;/q;;4*+1/p-4. The van der Waals surface area contributed by atoms with E-state index >= 15 is 0 Å². The molecule has 0 aliphatic carbocycles. The van der Waals surface area contributed by atoms with E-state index in [-0.39, 0.29) is 206 Å². The fourth-order valence-electron chi connectivity index (χ4n) is 0. The van der Waals surface area contributed by atoms with Gasteiger partial charge in [0.1, 0.15) is 15.8 Å². The Kier molecular flexibility index (Phi) is 52.3. The van der Waals surface area contributed by atoms with E-state index in [2.05, 4.69) is 0 Å². The Bertz CT molecular complexity index is 138. The van der Waals surface area contributed by atoms with Gasteiger partial charge < -0.3 is 28.7 Å². The van der Waals surface area contributed by atoms with Crippen molar-refractivity contribution < 1.29 is 243 Å². The van der Waals surface area contributed by atoms with Gasteiger partial charge in [-0.25, -0.2) is 8.39 Å².